The number of allylic oxidation sites excluding steroid dienone is 1. The smallest absolute Gasteiger partial charge is 0.320 e. The Kier molecular flexibility index (Phi) is 6.26. The van der Waals surface area contributed by atoms with Gasteiger partial charge in [-0.3, -0.25) is 14.5 Å². The molecule has 3 aliphatic rings. The summed E-state index contributed by atoms with van der Waals surface area (Å²) in [5.74, 6) is 0.366. The van der Waals surface area contributed by atoms with Crippen LogP contribution in [0.4, 0.5) is 15.9 Å². The molecule has 0 aliphatic carbocycles. The third-order valence-corrected chi connectivity index (χ3v) is 6.67. The second-order valence-corrected chi connectivity index (χ2v) is 9.53. The minimum atomic E-state index is -0.694. The third-order valence-electron chi connectivity index (χ3n) is 6.67. The summed E-state index contributed by atoms with van der Waals surface area (Å²) in [4.78, 5) is 33.4. The zero-order valence-electron chi connectivity index (χ0n) is 20.6. The molecule has 3 aliphatic heterocycles. The van der Waals surface area contributed by atoms with E-state index in [9.17, 15) is 14.0 Å². The molecule has 0 spiro atoms. The zero-order valence-corrected chi connectivity index (χ0v) is 20.6. The minimum absolute atomic E-state index is 0.193. The van der Waals surface area contributed by atoms with Crippen LogP contribution in [-0.4, -0.2) is 66.7 Å². The second kappa shape index (κ2) is 9.39. The van der Waals surface area contributed by atoms with E-state index in [1.807, 2.05) is 45.2 Å². The first kappa shape index (κ1) is 24.0. The van der Waals surface area contributed by atoms with Gasteiger partial charge in [0.05, 0.1) is 18.7 Å². The topological polar surface area (TPSA) is 84.0 Å². The van der Waals surface area contributed by atoms with Gasteiger partial charge in [0, 0.05) is 54.8 Å². The van der Waals surface area contributed by atoms with Gasteiger partial charge < -0.3 is 19.7 Å². The number of benzene rings is 1. The number of amides is 1. The fourth-order valence-corrected chi connectivity index (χ4v) is 4.86. The molecule has 5 rings (SSSR count). The lowest BCUT2D eigenvalue weighted by Crippen LogP contribution is -2.48. The fraction of sp³-hybridized carbons (Fsp3) is 0.370. The molecule has 1 saturated heterocycles. The molecule has 1 N–H and O–H groups in total. The predicted octanol–water partition coefficient (Wildman–Crippen LogP) is 3.46. The molecule has 4 heterocycles. The number of carbonyl (C=O) groups is 2. The average Bonchev–Trinajstić information content (AvgIpc) is 3.34. The molecule has 1 aromatic heterocycles. The Morgan fingerprint density at radius 1 is 1.19 bits per heavy atom. The number of pyridine rings is 1. The number of piperazine rings is 1. The molecule has 0 saturated carbocycles. The van der Waals surface area contributed by atoms with Crippen LogP contribution in [0.25, 0.3) is 11.1 Å². The van der Waals surface area contributed by atoms with Crippen molar-refractivity contribution < 1.29 is 23.5 Å². The average molecular weight is 493 g/mol. The summed E-state index contributed by atoms with van der Waals surface area (Å²) in [5.41, 5.74) is 2.48. The van der Waals surface area contributed by atoms with Crippen molar-refractivity contribution in [3.63, 3.8) is 0 Å². The van der Waals surface area contributed by atoms with Crippen molar-refractivity contribution in [3.8, 4) is 0 Å². The van der Waals surface area contributed by atoms with Gasteiger partial charge >= 0.3 is 5.97 Å². The number of nitrogens with one attached hydrogen (secondary N) is 1. The summed E-state index contributed by atoms with van der Waals surface area (Å²) in [5, 5.41) is 2.78. The van der Waals surface area contributed by atoms with Crippen molar-refractivity contribution in [2.24, 2.45) is 0 Å². The highest BCUT2D eigenvalue weighted by Crippen LogP contribution is 2.44. The maximum absolute atomic E-state index is 13.9. The highest BCUT2D eigenvalue weighted by atomic mass is 19.1. The van der Waals surface area contributed by atoms with Gasteiger partial charge in [-0.05, 0) is 57.2 Å². The number of halogens is 1. The number of hydrogen-bond donors (Lipinski definition) is 1. The van der Waals surface area contributed by atoms with Crippen LogP contribution < -0.4 is 10.2 Å². The third kappa shape index (κ3) is 4.58. The maximum atomic E-state index is 13.9. The van der Waals surface area contributed by atoms with E-state index in [0.717, 1.165) is 43.1 Å². The van der Waals surface area contributed by atoms with Crippen LogP contribution in [0.5, 0.6) is 0 Å². The molecule has 8 nitrogen and oxygen atoms in total. The standard InChI is InChI=1S/C27H29FN4O4/c1-4-35-24(33)16-31-9-11-32(12-10-31)23-8-5-17(15-29-23)20-14-22(36-27(20,2)3)25-19-13-18(28)6-7-21(19)30-26(25)34/h5-8,13-15H,4,9-12,16H2,1-3H3,(H,30,34)/b25-22-. The van der Waals surface area contributed by atoms with Gasteiger partial charge in [0.2, 0.25) is 0 Å². The molecule has 1 amide bonds. The van der Waals surface area contributed by atoms with Gasteiger partial charge in [-0.2, -0.15) is 0 Å². The van der Waals surface area contributed by atoms with E-state index < -0.39 is 11.4 Å². The van der Waals surface area contributed by atoms with E-state index >= 15 is 0 Å². The molecule has 2 aromatic rings. The van der Waals surface area contributed by atoms with Crippen molar-refractivity contribution in [1.82, 2.24) is 9.88 Å². The van der Waals surface area contributed by atoms with E-state index in [1.54, 1.807) is 6.07 Å². The van der Waals surface area contributed by atoms with Crippen molar-refractivity contribution in [2.45, 2.75) is 26.4 Å². The lowest BCUT2D eigenvalue weighted by molar-refractivity contribution is -0.144. The molecule has 1 fully saturated rings. The summed E-state index contributed by atoms with van der Waals surface area (Å²) in [7, 11) is 0. The molecule has 0 atom stereocenters. The summed E-state index contributed by atoms with van der Waals surface area (Å²) >= 11 is 0. The molecule has 9 heteroatoms. The summed E-state index contributed by atoms with van der Waals surface area (Å²) in [6.45, 7) is 9.43. The molecular weight excluding hydrogens is 463 g/mol. The molecular formula is C27H29FN4O4. The van der Waals surface area contributed by atoms with Gasteiger partial charge in [0.1, 0.15) is 23.0 Å². The molecule has 188 valence electrons. The van der Waals surface area contributed by atoms with Crippen LogP contribution in [0.3, 0.4) is 0 Å². The van der Waals surface area contributed by atoms with E-state index in [-0.39, 0.29) is 11.9 Å². The zero-order chi connectivity index (χ0) is 25.4. The number of fused-ring (bicyclic) bond motifs is 1. The number of esters is 1. The number of anilines is 2. The molecule has 1 aromatic carbocycles. The quantitative estimate of drug-likeness (QED) is 0.506. The number of ether oxygens (including phenoxy) is 2. The summed E-state index contributed by atoms with van der Waals surface area (Å²) in [6, 6.07) is 8.20. The molecule has 36 heavy (non-hydrogen) atoms. The lowest BCUT2D eigenvalue weighted by atomic mass is 9.93. The fourth-order valence-electron chi connectivity index (χ4n) is 4.86. The van der Waals surface area contributed by atoms with Gasteiger partial charge in [-0.1, -0.05) is 0 Å². The van der Waals surface area contributed by atoms with Crippen LogP contribution in [0.1, 0.15) is 31.9 Å². The highest BCUT2D eigenvalue weighted by Gasteiger charge is 2.38. The van der Waals surface area contributed by atoms with Crippen LogP contribution in [0, 0.1) is 5.82 Å². The first-order valence-electron chi connectivity index (χ1n) is 12.1. The van der Waals surface area contributed by atoms with Crippen molar-refractivity contribution >= 4 is 34.5 Å². The maximum Gasteiger partial charge on any atom is 0.320 e. The summed E-state index contributed by atoms with van der Waals surface area (Å²) < 4.78 is 25.1. The molecule has 0 bridgehead atoms. The monoisotopic (exact) mass is 492 g/mol. The van der Waals surface area contributed by atoms with Crippen LogP contribution in [-0.2, 0) is 19.1 Å². The van der Waals surface area contributed by atoms with Crippen molar-refractivity contribution in [1.29, 1.82) is 0 Å². The first-order chi connectivity index (χ1) is 17.2. The summed E-state index contributed by atoms with van der Waals surface area (Å²) in [6.07, 6.45) is 3.66. The second-order valence-electron chi connectivity index (χ2n) is 9.53. The Balaban J connectivity index is 1.34. The SMILES string of the molecule is CCOC(=O)CN1CCN(c2ccc(C3=C/C(=C4/C(=O)Nc5ccc(F)cc54)OC3(C)C)cn2)CC1. The van der Waals surface area contributed by atoms with Gasteiger partial charge in [0.15, 0.2) is 0 Å². The molecule has 0 unspecified atom stereocenters. The van der Waals surface area contributed by atoms with Gasteiger partial charge in [-0.25, -0.2) is 9.37 Å². The van der Waals surface area contributed by atoms with Crippen LogP contribution in [0.2, 0.25) is 0 Å². The normalized spacial score (nSPS) is 21.1. The van der Waals surface area contributed by atoms with E-state index in [1.165, 1.54) is 12.1 Å². The molecule has 0 radical (unpaired) electrons. The highest BCUT2D eigenvalue weighted by molar-refractivity contribution is 6.32. The Morgan fingerprint density at radius 2 is 1.97 bits per heavy atom. The number of rotatable bonds is 5. The van der Waals surface area contributed by atoms with E-state index in [0.29, 0.717) is 35.7 Å². The van der Waals surface area contributed by atoms with Crippen molar-refractivity contribution in [3.05, 3.63) is 65.3 Å². The minimum Gasteiger partial charge on any atom is -0.482 e. The van der Waals surface area contributed by atoms with Gasteiger partial charge in [0.25, 0.3) is 5.91 Å². The Bertz CT molecular complexity index is 1260. The van der Waals surface area contributed by atoms with Crippen molar-refractivity contribution in [2.75, 3.05) is 49.5 Å². The lowest BCUT2D eigenvalue weighted by Gasteiger charge is -2.34. The Hall–Kier alpha value is -3.72. The predicted molar refractivity (Wildman–Crippen MR) is 135 cm³/mol. The number of hydrogen-bond acceptors (Lipinski definition) is 7. The van der Waals surface area contributed by atoms with Crippen LogP contribution in [0.15, 0.2) is 48.4 Å². The largest absolute Gasteiger partial charge is 0.482 e. The number of nitrogens with zero attached hydrogens (tertiary/aromatic N) is 3. The van der Waals surface area contributed by atoms with Crippen LogP contribution >= 0.6 is 0 Å². The van der Waals surface area contributed by atoms with Gasteiger partial charge in [-0.15, -0.1) is 0 Å². The first-order valence-corrected chi connectivity index (χ1v) is 12.1. The van der Waals surface area contributed by atoms with E-state index in [4.69, 9.17) is 9.47 Å². The Labute approximate surface area is 209 Å². The van der Waals surface area contributed by atoms with E-state index in [2.05, 4.69) is 20.1 Å². The number of aromatic nitrogens is 1. The number of carbonyl (C=O) groups excluding carboxylic acids is 2. The Morgan fingerprint density at radius 3 is 2.67 bits per heavy atom.